The van der Waals surface area contributed by atoms with E-state index in [1.807, 2.05) is 6.92 Å². The molecule has 0 aromatic heterocycles. The molecule has 0 aromatic rings. The number of amides is 1. The predicted octanol–water partition coefficient (Wildman–Crippen LogP) is -0.635. The molecule has 1 rings (SSSR count). The summed E-state index contributed by atoms with van der Waals surface area (Å²) in [5.41, 5.74) is 0. The molecule has 19 heavy (non-hydrogen) atoms. The molecule has 1 fully saturated rings. The van der Waals surface area contributed by atoms with Gasteiger partial charge in [-0.15, -0.1) is 0 Å². The van der Waals surface area contributed by atoms with E-state index in [1.165, 1.54) is 7.11 Å². The molecule has 0 saturated carbocycles. The highest BCUT2D eigenvalue weighted by molar-refractivity contribution is 5.85. The van der Waals surface area contributed by atoms with Crippen molar-refractivity contribution in [3.05, 3.63) is 0 Å². The molecule has 1 aliphatic rings. The number of hydrogen-bond donors (Lipinski definition) is 3. The van der Waals surface area contributed by atoms with Crippen LogP contribution < -0.4 is 10.6 Å². The minimum Gasteiger partial charge on any atom is -0.480 e. The van der Waals surface area contributed by atoms with Crippen LogP contribution in [0.25, 0.3) is 0 Å². The van der Waals surface area contributed by atoms with E-state index in [-0.39, 0.29) is 30.6 Å². The average molecular weight is 272 g/mol. The zero-order chi connectivity index (χ0) is 14.4. The topological polar surface area (TPSA) is 105 Å². The molecule has 3 atom stereocenters. The molecule has 0 aromatic carbocycles. The van der Waals surface area contributed by atoms with Gasteiger partial charge in [-0.1, -0.05) is 6.92 Å². The Labute approximate surface area is 111 Å². The maximum Gasteiger partial charge on any atom is 0.326 e. The third-order valence-electron chi connectivity index (χ3n) is 3.33. The van der Waals surface area contributed by atoms with Gasteiger partial charge in [0.25, 0.3) is 0 Å². The number of nitrogens with one attached hydrogen (secondary N) is 2. The SMILES string of the molecule is COC(=O)CCC(NC(=O)C1CNCC1C)C(=O)O. The number of hydrogen-bond acceptors (Lipinski definition) is 5. The highest BCUT2D eigenvalue weighted by atomic mass is 16.5. The first-order valence-corrected chi connectivity index (χ1v) is 6.26. The average Bonchev–Trinajstić information content (AvgIpc) is 2.79. The second-order valence-corrected chi connectivity index (χ2v) is 4.76. The van der Waals surface area contributed by atoms with Crippen LogP contribution in [0.5, 0.6) is 0 Å². The molecule has 0 spiro atoms. The highest BCUT2D eigenvalue weighted by Gasteiger charge is 2.32. The Morgan fingerprint density at radius 3 is 2.58 bits per heavy atom. The zero-order valence-corrected chi connectivity index (χ0v) is 11.1. The summed E-state index contributed by atoms with van der Waals surface area (Å²) in [7, 11) is 1.24. The molecule has 0 aliphatic carbocycles. The zero-order valence-electron chi connectivity index (χ0n) is 11.1. The van der Waals surface area contributed by atoms with Crippen LogP contribution >= 0.6 is 0 Å². The molecule has 7 nitrogen and oxygen atoms in total. The van der Waals surface area contributed by atoms with E-state index in [1.54, 1.807) is 0 Å². The minimum atomic E-state index is -1.14. The van der Waals surface area contributed by atoms with Gasteiger partial charge in [0.1, 0.15) is 6.04 Å². The molecular formula is C12H20N2O5. The first kappa shape index (κ1) is 15.4. The van der Waals surface area contributed by atoms with E-state index in [2.05, 4.69) is 15.4 Å². The van der Waals surface area contributed by atoms with Gasteiger partial charge in [-0.25, -0.2) is 4.79 Å². The van der Waals surface area contributed by atoms with Crippen molar-refractivity contribution in [1.29, 1.82) is 0 Å². The lowest BCUT2D eigenvalue weighted by Crippen LogP contribution is -2.45. The van der Waals surface area contributed by atoms with Crippen LogP contribution in [0.2, 0.25) is 0 Å². The molecule has 1 amide bonds. The van der Waals surface area contributed by atoms with Crippen LogP contribution in [-0.4, -0.2) is 49.2 Å². The Kier molecular flexibility index (Phi) is 5.75. The molecule has 1 heterocycles. The Hall–Kier alpha value is -1.63. The largest absolute Gasteiger partial charge is 0.480 e. The van der Waals surface area contributed by atoms with Gasteiger partial charge in [0.05, 0.1) is 13.0 Å². The first-order chi connectivity index (χ1) is 8.95. The van der Waals surface area contributed by atoms with Gasteiger partial charge in [-0.05, 0) is 18.9 Å². The van der Waals surface area contributed by atoms with Gasteiger partial charge in [0.2, 0.25) is 5.91 Å². The first-order valence-electron chi connectivity index (χ1n) is 6.26. The van der Waals surface area contributed by atoms with Crippen molar-refractivity contribution in [3.8, 4) is 0 Å². The van der Waals surface area contributed by atoms with Crippen LogP contribution in [-0.2, 0) is 19.1 Å². The van der Waals surface area contributed by atoms with Crippen LogP contribution in [0.3, 0.4) is 0 Å². The quantitative estimate of drug-likeness (QED) is 0.556. The lowest BCUT2D eigenvalue weighted by atomic mass is 9.96. The molecule has 0 bridgehead atoms. The van der Waals surface area contributed by atoms with Crippen LogP contribution in [0.15, 0.2) is 0 Å². The van der Waals surface area contributed by atoms with E-state index in [4.69, 9.17) is 5.11 Å². The summed E-state index contributed by atoms with van der Waals surface area (Å²) >= 11 is 0. The third-order valence-corrected chi connectivity index (χ3v) is 3.33. The summed E-state index contributed by atoms with van der Waals surface area (Å²) in [6.07, 6.45) is -0.00546. The summed E-state index contributed by atoms with van der Waals surface area (Å²) in [6, 6.07) is -1.06. The van der Waals surface area contributed by atoms with Gasteiger partial charge in [-0.2, -0.15) is 0 Å². The maximum absolute atomic E-state index is 12.0. The Morgan fingerprint density at radius 1 is 1.42 bits per heavy atom. The fraction of sp³-hybridized carbons (Fsp3) is 0.750. The number of ether oxygens (including phenoxy) is 1. The second kappa shape index (κ2) is 7.08. The van der Waals surface area contributed by atoms with E-state index in [0.29, 0.717) is 6.54 Å². The molecule has 1 aliphatic heterocycles. The maximum atomic E-state index is 12.0. The monoisotopic (exact) mass is 272 g/mol. The molecule has 108 valence electrons. The van der Waals surface area contributed by atoms with Crippen molar-refractivity contribution in [2.24, 2.45) is 11.8 Å². The van der Waals surface area contributed by atoms with Gasteiger partial charge in [0.15, 0.2) is 0 Å². The van der Waals surface area contributed by atoms with Crippen molar-refractivity contribution in [3.63, 3.8) is 0 Å². The number of carboxylic acids is 1. The molecule has 3 N–H and O–H groups in total. The van der Waals surface area contributed by atoms with E-state index in [9.17, 15) is 14.4 Å². The van der Waals surface area contributed by atoms with E-state index in [0.717, 1.165) is 6.54 Å². The highest BCUT2D eigenvalue weighted by Crippen LogP contribution is 2.16. The molecule has 1 saturated heterocycles. The van der Waals surface area contributed by atoms with Gasteiger partial charge >= 0.3 is 11.9 Å². The van der Waals surface area contributed by atoms with Crippen LogP contribution in [0, 0.1) is 11.8 Å². The Bertz CT molecular complexity index is 358. The Balaban J connectivity index is 2.51. The fourth-order valence-corrected chi connectivity index (χ4v) is 2.06. The summed E-state index contributed by atoms with van der Waals surface area (Å²) in [5.74, 6) is -1.96. The van der Waals surface area contributed by atoms with Crippen molar-refractivity contribution in [1.82, 2.24) is 10.6 Å². The summed E-state index contributed by atoms with van der Waals surface area (Å²) in [6.45, 7) is 3.24. The number of aliphatic carboxylic acids is 1. The lowest BCUT2D eigenvalue weighted by Gasteiger charge is -2.18. The molecule has 3 unspecified atom stereocenters. The summed E-state index contributed by atoms with van der Waals surface area (Å²) in [5, 5.41) is 14.6. The van der Waals surface area contributed by atoms with E-state index < -0.39 is 18.0 Å². The smallest absolute Gasteiger partial charge is 0.326 e. The number of rotatable bonds is 6. The third kappa shape index (κ3) is 4.51. The number of carboxylic acid groups (broad SMARTS) is 1. The number of methoxy groups -OCH3 is 1. The number of esters is 1. The van der Waals surface area contributed by atoms with Crippen molar-refractivity contribution < 1.29 is 24.2 Å². The Morgan fingerprint density at radius 2 is 2.11 bits per heavy atom. The van der Waals surface area contributed by atoms with Crippen molar-refractivity contribution in [2.45, 2.75) is 25.8 Å². The van der Waals surface area contributed by atoms with Crippen molar-refractivity contribution in [2.75, 3.05) is 20.2 Å². The standard InChI is InChI=1S/C12H20N2O5/c1-7-5-13-6-8(7)11(16)14-9(12(17)18)3-4-10(15)19-2/h7-9,13H,3-6H2,1-2H3,(H,14,16)(H,17,18). The van der Waals surface area contributed by atoms with Gasteiger partial charge in [0, 0.05) is 13.0 Å². The predicted molar refractivity (Wildman–Crippen MR) is 66.3 cm³/mol. The normalized spacial score (nSPS) is 23.7. The van der Waals surface area contributed by atoms with Crippen LogP contribution in [0.1, 0.15) is 19.8 Å². The lowest BCUT2D eigenvalue weighted by molar-refractivity contribution is -0.144. The minimum absolute atomic E-state index is 0.0300. The van der Waals surface area contributed by atoms with Gasteiger partial charge in [-0.3, -0.25) is 9.59 Å². The molecular weight excluding hydrogens is 252 g/mol. The summed E-state index contributed by atoms with van der Waals surface area (Å²) < 4.78 is 4.45. The van der Waals surface area contributed by atoms with E-state index >= 15 is 0 Å². The molecule has 0 radical (unpaired) electrons. The fourth-order valence-electron chi connectivity index (χ4n) is 2.06. The van der Waals surface area contributed by atoms with Gasteiger partial charge < -0.3 is 20.5 Å². The van der Waals surface area contributed by atoms with Crippen molar-refractivity contribution >= 4 is 17.8 Å². The number of carbonyl (C=O) groups excluding carboxylic acids is 2. The summed E-state index contributed by atoms with van der Waals surface area (Å²) in [4.78, 5) is 34.0. The number of carbonyl (C=O) groups is 3. The second-order valence-electron chi connectivity index (χ2n) is 4.76. The van der Waals surface area contributed by atoms with Crippen LogP contribution in [0.4, 0.5) is 0 Å². The molecule has 7 heteroatoms.